The molecule has 0 saturated carbocycles. The molecule has 2 N–H and O–H groups in total. The number of unbranched alkanes of at least 4 members (excludes halogenated alkanes) is 4. The Labute approximate surface area is 568 Å². The average molecular weight is 1260 g/mol. The summed E-state index contributed by atoms with van der Waals surface area (Å²) in [6.45, 7) is 13.1. The van der Waals surface area contributed by atoms with Gasteiger partial charge in [-0.3, -0.25) is 0 Å². The van der Waals surface area contributed by atoms with E-state index in [9.17, 15) is 0 Å². The molecule has 6 nitrogen and oxygen atoms in total. The molecule has 3 aliphatic rings. The van der Waals surface area contributed by atoms with Crippen molar-refractivity contribution in [2.45, 2.75) is 123 Å². The largest absolute Gasteiger partial charge is 0.494 e. The number of terminal acetylenes is 1. The molecule has 2 atom stereocenters. The summed E-state index contributed by atoms with van der Waals surface area (Å²) in [5.41, 5.74) is 29.6. The Morgan fingerprint density at radius 3 is 1.45 bits per heavy atom. The van der Waals surface area contributed by atoms with Crippen LogP contribution in [0.5, 0.6) is 28.7 Å². The zero-order chi connectivity index (χ0) is 66.0. The molecular formula is C90H82N2O4. The first-order valence-electron chi connectivity index (χ1n) is 34.3. The molecule has 0 radical (unpaired) electrons. The number of nitrogens with zero attached hydrogens (tertiary/aromatic N) is 1. The van der Waals surface area contributed by atoms with Gasteiger partial charge in [0.15, 0.2) is 11.5 Å². The van der Waals surface area contributed by atoms with E-state index < -0.39 is 10.8 Å². The van der Waals surface area contributed by atoms with Crippen LogP contribution in [0, 0.1) is 61.7 Å². The van der Waals surface area contributed by atoms with E-state index in [0.29, 0.717) is 26.4 Å². The fourth-order valence-corrected chi connectivity index (χ4v) is 14.3. The molecule has 1 heterocycles. The van der Waals surface area contributed by atoms with E-state index in [1.807, 2.05) is 24.3 Å². The highest BCUT2D eigenvalue weighted by atomic mass is 16.5. The first-order valence-corrected chi connectivity index (χ1v) is 34.3. The van der Waals surface area contributed by atoms with Gasteiger partial charge in [0.2, 0.25) is 0 Å². The lowest BCUT2D eigenvalue weighted by atomic mass is 9.67. The van der Waals surface area contributed by atoms with Crippen molar-refractivity contribution < 1.29 is 18.9 Å². The minimum atomic E-state index is -0.646. The summed E-state index contributed by atoms with van der Waals surface area (Å²) in [6, 6.07) is 75.8. The number of ether oxygens (including phenoxy) is 4. The van der Waals surface area contributed by atoms with Gasteiger partial charge in [0.1, 0.15) is 30.5 Å². The summed E-state index contributed by atoms with van der Waals surface area (Å²) >= 11 is 0. The van der Waals surface area contributed by atoms with E-state index in [-0.39, 0.29) is 0 Å². The second kappa shape index (κ2) is 29.0. The third-order valence-corrected chi connectivity index (χ3v) is 19.4. The lowest BCUT2D eigenvalue weighted by Gasteiger charge is -2.34. The van der Waals surface area contributed by atoms with Crippen molar-refractivity contribution in [3.8, 4) is 98.9 Å². The van der Waals surface area contributed by atoms with Crippen molar-refractivity contribution in [1.82, 2.24) is 0 Å². The first-order chi connectivity index (χ1) is 47.1. The van der Waals surface area contributed by atoms with Gasteiger partial charge in [-0.2, -0.15) is 0 Å². The van der Waals surface area contributed by atoms with Crippen LogP contribution in [0.1, 0.15) is 137 Å². The Morgan fingerprint density at radius 1 is 0.417 bits per heavy atom. The summed E-state index contributed by atoms with van der Waals surface area (Å²) in [5, 5.41) is 0. The lowest BCUT2D eigenvalue weighted by Crippen LogP contribution is -2.29. The molecular weight excluding hydrogens is 1170 g/mol. The maximum atomic E-state index is 6.75. The van der Waals surface area contributed by atoms with E-state index in [2.05, 4.69) is 263 Å². The summed E-state index contributed by atoms with van der Waals surface area (Å²) in [7, 11) is 0. The van der Waals surface area contributed by atoms with Gasteiger partial charge in [-0.1, -0.05) is 184 Å². The monoisotopic (exact) mass is 1250 g/mol. The quantitative estimate of drug-likeness (QED) is 0.0480. The van der Waals surface area contributed by atoms with Crippen LogP contribution in [-0.4, -0.2) is 19.8 Å². The maximum absolute atomic E-state index is 6.75. The minimum absolute atomic E-state index is 0.403. The van der Waals surface area contributed by atoms with Crippen molar-refractivity contribution in [3.05, 3.63) is 284 Å². The summed E-state index contributed by atoms with van der Waals surface area (Å²) in [4.78, 5) is 2.34. The van der Waals surface area contributed by atoms with E-state index in [0.717, 1.165) is 101 Å². The average Bonchev–Trinajstić information content (AvgIpc) is 1.35. The molecule has 10 aromatic carbocycles. The van der Waals surface area contributed by atoms with Crippen LogP contribution in [0.3, 0.4) is 0 Å². The number of nitrogens with two attached hydrogens (primary N) is 1. The van der Waals surface area contributed by atoms with Gasteiger partial charge in [-0.25, -0.2) is 0 Å². The molecule has 10 aromatic rings. The predicted octanol–water partition coefficient (Wildman–Crippen LogP) is 20.0. The Balaban J connectivity index is 0.780. The standard InChI is InChI=1S/C90H82N2O4/c1-7-10-13-15-16-17-52-89(6)81-58-66(30-47-77(81)78-48-31-67(59-82(78)89)24-25-69-33-51-86-88(61-69)96-87-57-64(5)21-50-85(87)92(86)73-38-26-65(27-39-73)19-12-9-3)22-23-68-32-49-80-79-46-20-63(4)56-83(79)90(84(80)60-68,71-34-42-75(43-35-71)93-53-18-14-11-8-2)72-36-44-76(45-37-72)95-55-54-94-74-40-28-70(62-91)29-41-74/h1,20-21,26-51,56-61H,8-9,11-12,14,18-19,22-25,53-55,62,91H2,2-6H3. The number of fused-ring (bicyclic) bond motifs is 8. The topological polar surface area (TPSA) is 66.2 Å². The molecule has 2 unspecified atom stereocenters. The number of benzene rings is 10. The van der Waals surface area contributed by atoms with Crippen molar-refractivity contribution in [2.24, 2.45) is 5.73 Å². The van der Waals surface area contributed by atoms with Crippen LogP contribution in [0.2, 0.25) is 0 Å². The van der Waals surface area contributed by atoms with Crippen LogP contribution in [0.15, 0.2) is 206 Å². The second-order valence-electron chi connectivity index (χ2n) is 25.9. The van der Waals surface area contributed by atoms with Crippen molar-refractivity contribution in [3.63, 3.8) is 0 Å². The molecule has 0 aromatic heterocycles. The van der Waals surface area contributed by atoms with Crippen LogP contribution < -0.4 is 29.6 Å². The molecule has 0 bridgehead atoms. The zero-order valence-electron chi connectivity index (χ0n) is 56.0. The number of anilines is 3. The van der Waals surface area contributed by atoms with Gasteiger partial charge < -0.3 is 29.6 Å². The summed E-state index contributed by atoms with van der Waals surface area (Å²) in [6.07, 6.45) is 16.8. The minimum Gasteiger partial charge on any atom is -0.494 e. The molecule has 0 amide bonds. The molecule has 0 fully saturated rings. The molecule has 6 heteroatoms. The van der Waals surface area contributed by atoms with E-state index >= 15 is 0 Å². The van der Waals surface area contributed by atoms with Crippen molar-refractivity contribution in [2.75, 3.05) is 24.7 Å². The normalized spacial score (nSPS) is 14.9. The van der Waals surface area contributed by atoms with Gasteiger partial charge in [-0.05, 0) is 269 Å². The molecule has 96 heavy (non-hydrogen) atoms. The Morgan fingerprint density at radius 2 is 0.865 bits per heavy atom. The smallest absolute Gasteiger partial charge is 0.151 e. The van der Waals surface area contributed by atoms with Gasteiger partial charge in [0, 0.05) is 12.2 Å². The van der Waals surface area contributed by atoms with Crippen LogP contribution >= 0.6 is 0 Å². The van der Waals surface area contributed by atoms with E-state index in [4.69, 9.17) is 31.1 Å². The Kier molecular flexibility index (Phi) is 19.3. The van der Waals surface area contributed by atoms with Crippen LogP contribution in [0.4, 0.5) is 17.1 Å². The number of hydrogen-bond acceptors (Lipinski definition) is 6. The summed E-state index contributed by atoms with van der Waals surface area (Å²) in [5.74, 6) is 24.6. The van der Waals surface area contributed by atoms with Gasteiger partial charge >= 0.3 is 0 Å². The fourth-order valence-electron chi connectivity index (χ4n) is 14.3. The predicted molar refractivity (Wildman–Crippen MR) is 393 cm³/mol. The highest BCUT2D eigenvalue weighted by molar-refractivity contribution is 5.89. The van der Waals surface area contributed by atoms with Crippen LogP contribution in [0.25, 0.3) is 22.3 Å². The SMILES string of the molecule is C#CC#CC#CC#CC1(C)c2cc(CCc3ccc4c(c3)Oc3cc(C)ccc3N4c3ccc(CCCC)cc3)ccc2-c2ccc(CCc3ccc4c(c3)C(c3ccc(OCCCCCC)cc3)(c3ccc(OCCOc5ccc(CN)cc5)cc3)c3cc(C)ccc3-4)cc21. The molecule has 2 aliphatic carbocycles. The van der Waals surface area contributed by atoms with Gasteiger partial charge in [0.05, 0.1) is 28.8 Å². The molecule has 476 valence electrons. The Bertz CT molecular complexity index is 4730. The third-order valence-electron chi connectivity index (χ3n) is 19.4. The van der Waals surface area contributed by atoms with Crippen molar-refractivity contribution in [1.29, 1.82) is 0 Å². The number of rotatable bonds is 24. The highest BCUT2D eigenvalue weighted by Crippen LogP contribution is 2.58. The molecule has 13 rings (SSSR count). The third kappa shape index (κ3) is 13.3. The molecule has 0 saturated heterocycles. The number of hydrogen-bond donors (Lipinski definition) is 1. The molecule has 0 spiro atoms. The molecule has 1 aliphatic heterocycles. The lowest BCUT2D eigenvalue weighted by molar-refractivity contribution is 0.217. The zero-order valence-corrected chi connectivity index (χ0v) is 56.0. The number of aryl methyl sites for hydroxylation is 7. The van der Waals surface area contributed by atoms with Crippen molar-refractivity contribution >= 4 is 17.1 Å². The fraction of sp³-hybridized carbons (Fsp3) is 0.244. The second-order valence-corrected chi connectivity index (χ2v) is 25.9. The first kappa shape index (κ1) is 64.1. The summed E-state index contributed by atoms with van der Waals surface area (Å²) < 4.78 is 25.5. The maximum Gasteiger partial charge on any atom is 0.151 e. The highest BCUT2D eigenvalue weighted by Gasteiger charge is 2.47. The van der Waals surface area contributed by atoms with Gasteiger partial charge in [-0.15, -0.1) is 6.42 Å². The van der Waals surface area contributed by atoms with E-state index in [1.165, 1.54) is 116 Å². The van der Waals surface area contributed by atoms with Gasteiger partial charge in [0.25, 0.3) is 0 Å². The van der Waals surface area contributed by atoms with Crippen LogP contribution in [-0.2, 0) is 49.5 Å². The van der Waals surface area contributed by atoms with E-state index in [1.54, 1.807) is 0 Å². The Hall–Kier alpha value is -10.6.